The maximum atomic E-state index is 14.1. The van der Waals surface area contributed by atoms with Crippen LogP contribution in [0.15, 0.2) is 18.2 Å². The van der Waals surface area contributed by atoms with Crippen LogP contribution in [0.5, 0.6) is 0 Å². The molecule has 4 rings (SSSR count). The quantitative estimate of drug-likeness (QED) is 0.470. The van der Waals surface area contributed by atoms with Crippen molar-refractivity contribution in [1.29, 1.82) is 5.26 Å². The highest BCUT2D eigenvalue weighted by Crippen LogP contribution is 2.34. The summed E-state index contributed by atoms with van der Waals surface area (Å²) in [5.74, 6) is -1.67. The molecule has 3 atom stereocenters. The second-order valence-corrected chi connectivity index (χ2v) is 9.17. The van der Waals surface area contributed by atoms with Crippen molar-refractivity contribution in [2.75, 3.05) is 6.54 Å². The topological polar surface area (TPSA) is 127 Å². The number of benzene rings is 1. The standard InChI is InChI=1S/C23H25ClFN5O3/c24-16-5-6-17(25)15-10-19(29-20(15)16)23(33)30-18(8-12-3-4-12)22(32)28-14(11-26)9-13-2-1-7-27-21(13)31/h5-6,10,12-14,18,29H,1-4,7-9H2,(H,27,31)(H,28,32)(H,30,33)/t13-,14?,18?/m0/s1. The van der Waals surface area contributed by atoms with Gasteiger partial charge in [-0.1, -0.05) is 24.4 Å². The number of carbonyl (C=O) groups excluding carboxylic acids is 3. The lowest BCUT2D eigenvalue weighted by atomic mass is 9.92. The second-order valence-electron chi connectivity index (χ2n) is 8.76. The van der Waals surface area contributed by atoms with Crippen molar-refractivity contribution in [2.45, 2.75) is 50.6 Å². The molecule has 33 heavy (non-hydrogen) atoms. The molecule has 10 heteroatoms. The average Bonchev–Trinajstić information content (AvgIpc) is 3.49. The molecule has 4 N–H and O–H groups in total. The van der Waals surface area contributed by atoms with E-state index in [1.54, 1.807) is 0 Å². The van der Waals surface area contributed by atoms with Crippen molar-refractivity contribution < 1.29 is 18.8 Å². The molecular formula is C23H25ClFN5O3. The van der Waals surface area contributed by atoms with Crippen molar-refractivity contribution >= 4 is 40.2 Å². The minimum atomic E-state index is -0.854. The Kier molecular flexibility index (Phi) is 6.84. The molecule has 2 unspecified atom stereocenters. The van der Waals surface area contributed by atoms with E-state index in [-0.39, 0.29) is 34.3 Å². The normalized spacial score (nSPS) is 19.9. The fourth-order valence-corrected chi connectivity index (χ4v) is 4.40. The summed E-state index contributed by atoms with van der Waals surface area (Å²) in [6.07, 6.45) is 4.10. The summed E-state index contributed by atoms with van der Waals surface area (Å²) in [5.41, 5.74) is 0.390. The highest BCUT2D eigenvalue weighted by Gasteiger charge is 2.33. The van der Waals surface area contributed by atoms with Crippen LogP contribution in [0.1, 0.15) is 49.0 Å². The van der Waals surface area contributed by atoms with Crippen molar-refractivity contribution in [3.8, 4) is 6.07 Å². The minimum absolute atomic E-state index is 0.0845. The number of nitrogens with zero attached hydrogens (tertiary/aromatic N) is 1. The van der Waals surface area contributed by atoms with Crippen LogP contribution in [0.25, 0.3) is 10.9 Å². The lowest BCUT2D eigenvalue weighted by Crippen LogP contribution is -2.50. The summed E-state index contributed by atoms with van der Waals surface area (Å²) < 4.78 is 14.1. The van der Waals surface area contributed by atoms with Gasteiger partial charge in [-0.25, -0.2) is 4.39 Å². The van der Waals surface area contributed by atoms with Gasteiger partial charge in [0.25, 0.3) is 5.91 Å². The Hall–Kier alpha value is -3.12. The van der Waals surface area contributed by atoms with E-state index in [2.05, 4.69) is 27.0 Å². The van der Waals surface area contributed by atoms with Crippen LogP contribution in [0.4, 0.5) is 4.39 Å². The third-order valence-electron chi connectivity index (χ3n) is 6.21. The van der Waals surface area contributed by atoms with Gasteiger partial charge in [-0.15, -0.1) is 0 Å². The smallest absolute Gasteiger partial charge is 0.268 e. The molecule has 1 aliphatic heterocycles. The van der Waals surface area contributed by atoms with E-state index in [4.69, 9.17) is 11.6 Å². The molecule has 1 aromatic carbocycles. The van der Waals surface area contributed by atoms with Gasteiger partial charge in [0.1, 0.15) is 23.6 Å². The van der Waals surface area contributed by atoms with E-state index in [0.717, 1.165) is 19.3 Å². The summed E-state index contributed by atoms with van der Waals surface area (Å²) in [4.78, 5) is 40.7. The Morgan fingerprint density at radius 1 is 1.24 bits per heavy atom. The molecule has 0 bridgehead atoms. The van der Waals surface area contributed by atoms with Gasteiger partial charge in [-0.2, -0.15) is 5.26 Å². The number of rotatable bonds is 8. The molecule has 1 saturated heterocycles. The Balaban J connectivity index is 1.45. The Morgan fingerprint density at radius 3 is 2.70 bits per heavy atom. The molecule has 1 saturated carbocycles. The van der Waals surface area contributed by atoms with Gasteiger partial charge in [0.05, 0.1) is 16.6 Å². The van der Waals surface area contributed by atoms with E-state index in [1.165, 1.54) is 18.2 Å². The monoisotopic (exact) mass is 473 g/mol. The summed E-state index contributed by atoms with van der Waals surface area (Å²) in [7, 11) is 0. The molecule has 0 spiro atoms. The number of hydrogen-bond acceptors (Lipinski definition) is 4. The first-order valence-corrected chi connectivity index (χ1v) is 11.5. The van der Waals surface area contributed by atoms with Gasteiger partial charge < -0.3 is 20.9 Å². The van der Waals surface area contributed by atoms with Crippen LogP contribution in [-0.2, 0) is 9.59 Å². The molecular weight excluding hydrogens is 449 g/mol. The van der Waals surface area contributed by atoms with Crippen molar-refractivity contribution in [3.63, 3.8) is 0 Å². The van der Waals surface area contributed by atoms with E-state index in [0.29, 0.717) is 30.8 Å². The molecule has 2 aliphatic rings. The average molecular weight is 474 g/mol. The van der Waals surface area contributed by atoms with Crippen molar-refractivity contribution in [1.82, 2.24) is 20.9 Å². The van der Waals surface area contributed by atoms with Crippen LogP contribution in [0, 0.1) is 29.0 Å². The van der Waals surface area contributed by atoms with E-state index in [9.17, 15) is 24.0 Å². The number of aromatic amines is 1. The van der Waals surface area contributed by atoms with Crippen molar-refractivity contribution in [3.05, 3.63) is 34.7 Å². The molecule has 1 aliphatic carbocycles. The number of carbonyl (C=O) groups is 3. The predicted octanol–water partition coefficient (Wildman–Crippen LogP) is 2.78. The Labute approximate surface area is 195 Å². The zero-order chi connectivity index (χ0) is 23.5. The summed E-state index contributed by atoms with van der Waals surface area (Å²) >= 11 is 6.09. The van der Waals surface area contributed by atoms with Gasteiger partial charge in [-0.3, -0.25) is 14.4 Å². The van der Waals surface area contributed by atoms with Crippen molar-refractivity contribution in [2.24, 2.45) is 11.8 Å². The molecule has 2 fully saturated rings. The van der Waals surface area contributed by atoms with Crippen LogP contribution in [0.3, 0.4) is 0 Å². The number of amides is 3. The molecule has 2 aromatic rings. The van der Waals surface area contributed by atoms with E-state index >= 15 is 0 Å². The van der Waals surface area contributed by atoms with Gasteiger partial charge in [0, 0.05) is 17.8 Å². The third kappa shape index (κ3) is 5.45. The van der Waals surface area contributed by atoms with Crippen LogP contribution in [0.2, 0.25) is 5.02 Å². The lowest BCUT2D eigenvalue weighted by Gasteiger charge is -2.25. The number of H-pyrrole nitrogens is 1. The molecule has 8 nitrogen and oxygen atoms in total. The minimum Gasteiger partial charge on any atom is -0.356 e. The highest BCUT2D eigenvalue weighted by atomic mass is 35.5. The number of fused-ring (bicyclic) bond motifs is 1. The predicted molar refractivity (Wildman–Crippen MR) is 120 cm³/mol. The first kappa shape index (κ1) is 23.1. The highest BCUT2D eigenvalue weighted by molar-refractivity contribution is 6.35. The Morgan fingerprint density at radius 2 is 2.03 bits per heavy atom. The van der Waals surface area contributed by atoms with Gasteiger partial charge in [0.15, 0.2) is 0 Å². The number of hydrogen-bond donors (Lipinski definition) is 4. The molecule has 1 aromatic heterocycles. The van der Waals surface area contributed by atoms with Crippen LogP contribution >= 0.6 is 11.6 Å². The SMILES string of the molecule is N#CC(C[C@@H]1CCCNC1=O)NC(=O)C(CC1CC1)NC(=O)c1cc2c(F)ccc(Cl)c2[nH]1. The second kappa shape index (κ2) is 9.79. The first-order chi connectivity index (χ1) is 15.9. The van der Waals surface area contributed by atoms with Gasteiger partial charge >= 0.3 is 0 Å². The fraction of sp³-hybridized carbons (Fsp3) is 0.478. The molecule has 3 amide bonds. The lowest BCUT2D eigenvalue weighted by molar-refractivity contribution is -0.128. The van der Waals surface area contributed by atoms with E-state index in [1.807, 2.05) is 0 Å². The first-order valence-electron chi connectivity index (χ1n) is 11.1. The number of nitrogens with one attached hydrogen (secondary N) is 4. The number of halogens is 2. The van der Waals surface area contributed by atoms with Crippen LogP contribution < -0.4 is 16.0 Å². The van der Waals surface area contributed by atoms with E-state index < -0.39 is 29.7 Å². The zero-order valence-electron chi connectivity index (χ0n) is 17.9. The largest absolute Gasteiger partial charge is 0.356 e. The third-order valence-corrected chi connectivity index (χ3v) is 6.53. The number of aromatic nitrogens is 1. The number of nitriles is 1. The van der Waals surface area contributed by atoms with Gasteiger partial charge in [0.2, 0.25) is 11.8 Å². The van der Waals surface area contributed by atoms with Crippen LogP contribution in [-0.4, -0.2) is 41.3 Å². The zero-order valence-corrected chi connectivity index (χ0v) is 18.7. The molecule has 2 heterocycles. The molecule has 174 valence electrons. The summed E-state index contributed by atoms with van der Waals surface area (Å²) in [5, 5.41) is 18.2. The summed E-state index contributed by atoms with van der Waals surface area (Å²) in [6.45, 7) is 0.622. The maximum absolute atomic E-state index is 14.1. The Bertz CT molecular complexity index is 1080. The molecule has 0 radical (unpaired) electrons. The maximum Gasteiger partial charge on any atom is 0.268 e. The fourth-order valence-electron chi connectivity index (χ4n) is 4.19. The van der Waals surface area contributed by atoms with Gasteiger partial charge in [-0.05, 0) is 49.8 Å². The number of piperidine rings is 1. The summed E-state index contributed by atoms with van der Waals surface area (Å²) in [6, 6.07) is 4.33.